The number of amides is 2. The van der Waals surface area contributed by atoms with Crippen LogP contribution in [-0.2, 0) is 6.18 Å². The van der Waals surface area contributed by atoms with Gasteiger partial charge in [-0.25, -0.2) is 14.8 Å². The third kappa shape index (κ3) is 3.81. The molecule has 0 atom stereocenters. The second-order valence-electron chi connectivity index (χ2n) is 3.83. The number of alkyl halides is 3. The van der Waals surface area contributed by atoms with Crippen LogP contribution in [0.25, 0.3) is 0 Å². The zero-order valence-electron chi connectivity index (χ0n) is 10.4. The maximum Gasteiger partial charge on any atom is 0.418 e. The van der Waals surface area contributed by atoms with Gasteiger partial charge in [-0.2, -0.15) is 13.2 Å². The molecule has 9 heteroatoms. The van der Waals surface area contributed by atoms with Gasteiger partial charge in [0.15, 0.2) is 0 Å². The minimum Gasteiger partial charge on any atom is -0.424 e. The third-order valence-electron chi connectivity index (χ3n) is 2.31. The van der Waals surface area contributed by atoms with Crippen molar-refractivity contribution in [3.8, 4) is 11.8 Å². The van der Waals surface area contributed by atoms with Crippen molar-refractivity contribution in [2.45, 2.75) is 6.18 Å². The maximum atomic E-state index is 12.8. The number of anilines is 1. The van der Waals surface area contributed by atoms with E-state index in [-0.39, 0.29) is 11.8 Å². The van der Waals surface area contributed by atoms with E-state index in [4.69, 9.17) is 10.5 Å². The Labute approximate surface area is 116 Å². The molecule has 6 nitrogen and oxygen atoms in total. The molecule has 0 saturated carbocycles. The van der Waals surface area contributed by atoms with Crippen LogP contribution in [0.15, 0.2) is 36.7 Å². The molecule has 1 aromatic carbocycles. The van der Waals surface area contributed by atoms with E-state index in [0.29, 0.717) is 0 Å². The SMILES string of the molecule is NC(=O)Nc1cc(Oc2ncccn2)ccc1C(F)(F)F. The Hall–Kier alpha value is -2.84. The van der Waals surface area contributed by atoms with Gasteiger partial charge in [0.25, 0.3) is 0 Å². The number of urea groups is 1. The van der Waals surface area contributed by atoms with Crippen LogP contribution in [-0.4, -0.2) is 16.0 Å². The first-order chi connectivity index (χ1) is 9.86. The van der Waals surface area contributed by atoms with E-state index in [1.54, 1.807) is 6.07 Å². The summed E-state index contributed by atoms with van der Waals surface area (Å²) in [6, 6.07) is 3.24. The van der Waals surface area contributed by atoms with E-state index >= 15 is 0 Å². The fourth-order valence-electron chi connectivity index (χ4n) is 1.51. The number of aromatic nitrogens is 2. The molecule has 2 amide bonds. The molecule has 0 saturated heterocycles. The molecule has 0 aliphatic heterocycles. The first-order valence-corrected chi connectivity index (χ1v) is 5.59. The maximum absolute atomic E-state index is 12.8. The average Bonchev–Trinajstić information content (AvgIpc) is 2.38. The zero-order chi connectivity index (χ0) is 15.5. The lowest BCUT2D eigenvalue weighted by Crippen LogP contribution is -2.22. The highest BCUT2D eigenvalue weighted by Gasteiger charge is 2.34. The Balaban J connectivity index is 2.35. The van der Waals surface area contributed by atoms with Gasteiger partial charge in [0.1, 0.15) is 5.75 Å². The second kappa shape index (κ2) is 5.65. The summed E-state index contributed by atoms with van der Waals surface area (Å²) in [7, 11) is 0. The van der Waals surface area contributed by atoms with Crippen LogP contribution in [0.2, 0.25) is 0 Å². The summed E-state index contributed by atoms with van der Waals surface area (Å²) in [6.45, 7) is 0. The van der Waals surface area contributed by atoms with Gasteiger partial charge >= 0.3 is 18.2 Å². The fourth-order valence-corrected chi connectivity index (χ4v) is 1.51. The normalized spacial score (nSPS) is 11.0. The van der Waals surface area contributed by atoms with Crippen molar-refractivity contribution in [3.63, 3.8) is 0 Å². The summed E-state index contributed by atoms with van der Waals surface area (Å²) in [4.78, 5) is 18.3. The molecule has 0 radical (unpaired) electrons. The number of nitrogens with one attached hydrogen (secondary N) is 1. The predicted octanol–water partition coefficient (Wildman–Crippen LogP) is 2.78. The van der Waals surface area contributed by atoms with E-state index in [9.17, 15) is 18.0 Å². The third-order valence-corrected chi connectivity index (χ3v) is 2.31. The van der Waals surface area contributed by atoms with E-state index in [2.05, 4.69) is 9.97 Å². The summed E-state index contributed by atoms with van der Waals surface area (Å²) in [6.07, 6.45) is -1.82. The van der Waals surface area contributed by atoms with E-state index in [1.165, 1.54) is 12.4 Å². The summed E-state index contributed by atoms with van der Waals surface area (Å²) in [5, 5.41) is 1.90. The molecule has 3 N–H and O–H groups in total. The smallest absolute Gasteiger partial charge is 0.418 e. The lowest BCUT2D eigenvalue weighted by atomic mass is 10.1. The number of hydrogen-bond donors (Lipinski definition) is 2. The van der Waals surface area contributed by atoms with Gasteiger partial charge in [0, 0.05) is 18.5 Å². The van der Waals surface area contributed by atoms with Gasteiger partial charge < -0.3 is 15.8 Å². The summed E-state index contributed by atoms with van der Waals surface area (Å²) in [5.41, 5.74) is 3.31. The van der Waals surface area contributed by atoms with Crippen molar-refractivity contribution >= 4 is 11.7 Å². The number of nitrogens with two attached hydrogens (primary N) is 1. The van der Waals surface area contributed by atoms with Crippen molar-refractivity contribution in [3.05, 3.63) is 42.2 Å². The first-order valence-electron chi connectivity index (χ1n) is 5.59. The van der Waals surface area contributed by atoms with Crippen LogP contribution >= 0.6 is 0 Å². The van der Waals surface area contributed by atoms with Crippen LogP contribution < -0.4 is 15.8 Å². The molecule has 1 aromatic heterocycles. The van der Waals surface area contributed by atoms with E-state index < -0.39 is 23.5 Å². The van der Waals surface area contributed by atoms with Crippen LogP contribution in [0, 0.1) is 0 Å². The molecule has 21 heavy (non-hydrogen) atoms. The van der Waals surface area contributed by atoms with Crippen molar-refractivity contribution in [1.82, 2.24) is 9.97 Å². The second-order valence-corrected chi connectivity index (χ2v) is 3.83. The Bertz CT molecular complexity index is 647. The average molecular weight is 298 g/mol. The van der Waals surface area contributed by atoms with E-state index in [0.717, 1.165) is 18.2 Å². The zero-order valence-corrected chi connectivity index (χ0v) is 10.4. The van der Waals surface area contributed by atoms with E-state index in [1.807, 2.05) is 5.32 Å². The van der Waals surface area contributed by atoms with Crippen LogP contribution in [0.3, 0.4) is 0 Å². The molecule has 110 valence electrons. The lowest BCUT2D eigenvalue weighted by molar-refractivity contribution is -0.136. The molecule has 0 fully saturated rings. The number of benzene rings is 1. The highest BCUT2D eigenvalue weighted by atomic mass is 19.4. The molecule has 0 aliphatic carbocycles. The van der Waals surface area contributed by atoms with Crippen LogP contribution in [0.5, 0.6) is 11.8 Å². The predicted molar refractivity (Wildman–Crippen MR) is 66.8 cm³/mol. The van der Waals surface area contributed by atoms with Gasteiger partial charge in [-0.3, -0.25) is 0 Å². The molecule has 0 bridgehead atoms. The monoisotopic (exact) mass is 298 g/mol. The number of halogens is 3. The molecule has 0 aliphatic rings. The standard InChI is InChI=1S/C12H9F3N4O2/c13-12(14,15)8-3-2-7(6-9(8)19-10(16)20)21-11-17-4-1-5-18-11/h1-6H,(H3,16,19,20). The Morgan fingerprint density at radius 2 is 1.90 bits per heavy atom. The van der Waals surface area contributed by atoms with Gasteiger partial charge in [-0.1, -0.05) is 0 Å². The largest absolute Gasteiger partial charge is 0.424 e. The van der Waals surface area contributed by atoms with Crippen molar-refractivity contribution in [2.24, 2.45) is 5.73 Å². The Morgan fingerprint density at radius 3 is 2.48 bits per heavy atom. The first kappa shape index (κ1) is 14.6. The van der Waals surface area contributed by atoms with Gasteiger partial charge in [0.2, 0.25) is 0 Å². The highest BCUT2D eigenvalue weighted by molar-refractivity contribution is 5.89. The molecular formula is C12H9F3N4O2. The van der Waals surface area contributed by atoms with Gasteiger partial charge in [0.05, 0.1) is 11.3 Å². The lowest BCUT2D eigenvalue weighted by Gasteiger charge is -2.14. The summed E-state index contributed by atoms with van der Waals surface area (Å²) >= 11 is 0. The van der Waals surface area contributed by atoms with Crippen molar-refractivity contribution in [1.29, 1.82) is 0 Å². The molecular weight excluding hydrogens is 289 g/mol. The summed E-state index contributed by atoms with van der Waals surface area (Å²) < 4.78 is 43.6. The fraction of sp³-hybridized carbons (Fsp3) is 0.0833. The molecule has 2 rings (SSSR count). The van der Waals surface area contributed by atoms with Crippen LogP contribution in [0.1, 0.15) is 5.56 Å². The number of hydrogen-bond acceptors (Lipinski definition) is 4. The Morgan fingerprint density at radius 1 is 1.24 bits per heavy atom. The number of ether oxygens (including phenoxy) is 1. The topological polar surface area (TPSA) is 90.1 Å². The highest BCUT2D eigenvalue weighted by Crippen LogP contribution is 2.37. The van der Waals surface area contributed by atoms with Gasteiger partial charge in [-0.05, 0) is 18.2 Å². The quantitative estimate of drug-likeness (QED) is 0.911. The van der Waals surface area contributed by atoms with Crippen molar-refractivity contribution < 1.29 is 22.7 Å². The molecule has 0 spiro atoms. The number of primary amides is 1. The number of carbonyl (C=O) groups excluding carboxylic acids is 1. The molecule has 1 heterocycles. The van der Waals surface area contributed by atoms with Gasteiger partial charge in [-0.15, -0.1) is 0 Å². The number of nitrogens with zero attached hydrogens (tertiary/aromatic N) is 2. The minimum atomic E-state index is -4.64. The molecule has 0 unspecified atom stereocenters. The van der Waals surface area contributed by atoms with Crippen LogP contribution in [0.4, 0.5) is 23.7 Å². The minimum absolute atomic E-state index is 0.0259. The number of carbonyl (C=O) groups is 1. The number of rotatable bonds is 3. The summed E-state index contributed by atoms with van der Waals surface area (Å²) in [5.74, 6) is 0.0259. The Kier molecular flexibility index (Phi) is 3.92. The molecule has 2 aromatic rings. The van der Waals surface area contributed by atoms with Crippen molar-refractivity contribution in [2.75, 3.05) is 5.32 Å².